The average molecular weight is 316 g/mol. The number of nitrogens with zero attached hydrogens (tertiary/aromatic N) is 2. The molecule has 1 aliphatic rings. The van der Waals surface area contributed by atoms with E-state index in [-0.39, 0.29) is 11.4 Å². The second kappa shape index (κ2) is 5.38. The first kappa shape index (κ1) is 15.0. The summed E-state index contributed by atoms with van der Waals surface area (Å²) in [6.07, 6.45) is 2.75. The maximum absolute atomic E-state index is 11.7. The molecule has 0 radical (unpaired) electrons. The number of fused-ring (bicyclic) bond motifs is 1. The van der Waals surface area contributed by atoms with E-state index >= 15 is 0 Å². The number of carbonyl (C=O) groups is 1. The Labute approximate surface area is 135 Å². The van der Waals surface area contributed by atoms with Crippen LogP contribution in [0.3, 0.4) is 0 Å². The van der Waals surface area contributed by atoms with E-state index in [1.165, 1.54) is 0 Å². The summed E-state index contributed by atoms with van der Waals surface area (Å²) < 4.78 is 1.12. The van der Waals surface area contributed by atoms with Crippen LogP contribution in [0, 0.1) is 0 Å². The molecule has 0 fully saturated rings. The van der Waals surface area contributed by atoms with Gasteiger partial charge in [0.2, 0.25) is 5.91 Å². The highest BCUT2D eigenvalue weighted by Crippen LogP contribution is 2.35. The molecule has 5 heteroatoms. The molecule has 0 unspecified atom stereocenters. The number of nitrogens with two attached hydrogens (primary N) is 1. The van der Waals surface area contributed by atoms with Crippen LogP contribution in [0.1, 0.15) is 31.4 Å². The third-order valence-corrected chi connectivity index (χ3v) is 4.32. The van der Waals surface area contributed by atoms with Gasteiger partial charge in [0.05, 0.1) is 0 Å². The number of anilines is 1. The minimum atomic E-state index is -0.366. The zero-order valence-electron chi connectivity index (χ0n) is 12.6. The van der Waals surface area contributed by atoms with Crippen LogP contribution < -0.4 is 10.2 Å². The fourth-order valence-corrected chi connectivity index (χ4v) is 2.93. The molecule has 0 atom stereocenters. The predicted molar refractivity (Wildman–Crippen MR) is 88.5 cm³/mol. The summed E-state index contributed by atoms with van der Waals surface area (Å²) in [4.78, 5) is 15.9. The molecule has 1 amide bonds. The summed E-state index contributed by atoms with van der Waals surface area (Å²) in [6.45, 7) is 3.96. The second-order valence-corrected chi connectivity index (χ2v) is 6.47. The molecule has 0 spiro atoms. The molecule has 2 N–H and O–H groups in total. The molecule has 0 bridgehead atoms. The van der Waals surface area contributed by atoms with Crippen LogP contribution in [0.4, 0.5) is 5.82 Å². The van der Waals surface area contributed by atoms with E-state index in [0.29, 0.717) is 18.7 Å². The van der Waals surface area contributed by atoms with Gasteiger partial charge in [0.15, 0.2) is 5.82 Å². The van der Waals surface area contributed by atoms with Crippen LogP contribution >= 0.6 is 11.8 Å². The SMILES string of the molecule is CC(C)(N)c1ccc(-c2ccnc3c2CCC(=O)N3Cl)cc1. The molecule has 0 saturated heterocycles. The number of hydrogen-bond acceptors (Lipinski definition) is 3. The van der Waals surface area contributed by atoms with Crippen LogP contribution in [0.15, 0.2) is 36.5 Å². The van der Waals surface area contributed by atoms with Gasteiger partial charge in [-0.3, -0.25) is 4.79 Å². The quantitative estimate of drug-likeness (QED) is 0.864. The Morgan fingerprint density at radius 3 is 2.50 bits per heavy atom. The van der Waals surface area contributed by atoms with Crippen molar-refractivity contribution in [1.82, 2.24) is 4.98 Å². The molecule has 1 aliphatic heterocycles. The van der Waals surface area contributed by atoms with Gasteiger partial charge < -0.3 is 5.73 Å². The van der Waals surface area contributed by atoms with E-state index in [9.17, 15) is 4.79 Å². The van der Waals surface area contributed by atoms with E-state index in [2.05, 4.69) is 17.1 Å². The van der Waals surface area contributed by atoms with Crippen LogP contribution in [0.25, 0.3) is 11.1 Å². The summed E-state index contributed by atoms with van der Waals surface area (Å²) in [5.41, 5.74) is 9.98. The second-order valence-electron chi connectivity index (χ2n) is 6.13. The number of benzene rings is 1. The number of pyridine rings is 1. The first-order valence-corrected chi connectivity index (χ1v) is 7.58. The topological polar surface area (TPSA) is 59.2 Å². The molecular weight excluding hydrogens is 298 g/mol. The largest absolute Gasteiger partial charge is 0.322 e. The lowest BCUT2D eigenvalue weighted by molar-refractivity contribution is -0.117. The maximum atomic E-state index is 11.7. The number of hydrogen-bond donors (Lipinski definition) is 1. The minimum absolute atomic E-state index is 0.112. The third kappa shape index (κ3) is 2.60. The zero-order valence-corrected chi connectivity index (χ0v) is 13.4. The van der Waals surface area contributed by atoms with Crippen molar-refractivity contribution in [3.05, 3.63) is 47.7 Å². The van der Waals surface area contributed by atoms with Gasteiger partial charge in [-0.05, 0) is 43.0 Å². The Hall–Kier alpha value is -1.91. The van der Waals surface area contributed by atoms with Crippen molar-refractivity contribution in [2.45, 2.75) is 32.2 Å². The highest BCUT2D eigenvalue weighted by Gasteiger charge is 2.26. The maximum Gasteiger partial charge on any atom is 0.243 e. The summed E-state index contributed by atoms with van der Waals surface area (Å²) in [6, 6.07) is 10.1. The number of amides is 1. The Morgan fingerprint density at radius 1 is 1.18 bits per heavy atom. The molecule has 114 valence electrons. The highest BCUT2D eigenvalue weighted by molar-refractivity contribution is 6.37. The molecule has 1 aromatic heterocycles. The molecular formula is C17H18ClN3O. The molecule has 4 nitrogen and oxygen atoms in total. The first-order chi connectivity index (χ1) is 10.4. The van der Waals surface area contributed by atoms with Crippen molar-refractivity contribution in [2.75, 3.05) is 4.42 Å². The Kier molecular flexibility index (Phi) is 3.67. The Morgan fingerprint density at radius 2 is 1.86 bits per heavy atom. The minimum Gasteiger partial charge on any atom is -0.322 e. The number of aromatic nitrogens is 1. The molecule has 2 heterocycles. The lowest BCUT2D eigenvalue weighted by atomic mass is 9.91. The monoisotopic (exact) mass is 315 g/mol. The van der Waals surface area contributed by atoms with Crippen LogP contribution in [-0.4, -0.2) is 10.9 Å². The van der Waals surface area contributed by atoms with E-state index in [1.54, 1.807) is 6.20 Å². The lowest BCUT2D eigenvalue weighted by Crippen LogP contribution is -2.28. The summed E-state index contributed by atoms with van der Waals surface area (Å²) in [7, 11) is 0. The first-order valence-electron chi connectivity index (χ1n) is 7.24. The van der Waals surface area contributed by atoms with Gasteiger partial charge in [0, 0.05) is 35.5 Å². The normalized spacial score (nSPS) is 14.9. The van der Waals surface area contributed by atoms with Crippen LogP contribution in [0.5, 0.6) is 0 Å². The van der Waals surface area contributed by atoms with Crippen LogP contribution in [0.2, 0.25) is 0 Å². The van der Waals surface area contributed by atoms with Gasteiger partial charge in [0.25, 0.3) is 0 Å². The lowest BCUT2D eigenvalue weighted by Gasteiger charge is -2.24. The zero-order chi connectivity index (χ0) is 15.9. The molecule has 2 aromatic rings. The van der Waals surface area contributed by atoms with E-state index in [0.717, 1.165) is 26.7 Å². The van der Waals surface area contributed by atoms with Crippen molar-refractivity contribution in [3.63, 3.8) is 0 Å². The van der Waals surface area contributed by atoms with E-state index in [4.69, 9.17) is 17.5 Å². The smallest absolute Gasteiger partial charge is 0.243 e. The Bertz CT molecular complexity index is 720. The summed E-state index contributed by atoms with van der Waals surface area (Å²) in [5, 5.41) is 0. The predicted octanol–water partition coefficient (Wildman–Crippen LogP) is 3.38. The van der Waals surface area contributed by atoms with Crippen molar-refractivity contribution in [1.29, 1.82) is 0 Å². The van der Waals surface area contributed by atoms with Crippen molar-refractivity contribution in [2.24, 2.45) is 5.73 Å². The van der Waals surface area contributed by atoms with Gasteiger partial charge in [0.1, 0.15) is 0 Å². The van der Waals surface area contributed by atoms with Gasteiger partial charge in [-0.1, -0.05) is 24.3 Å². The van der Waals surface area contributed by atoms with E-state index < -0.39 is 0 Å². The van der Waals surface area contributed by atoms with Crippen molar-refractivity contribution >= 4 is 23.5 Å². The van der Waals surface area contributed by atoms with Gasteiger partial charge >= 0.3 is 0 Å². The molecule has 22 heavy (non-hydrogen) atoms. The molecule has 1 aromatic carbocycles. The fraction of sp³-hybridized carbons (Fsp3) is 0.294. The number of carbonyl (C=O) groups excluding carboxylic acids is 1. The third-order valence-electron chi connectivity index (χ3n) is 3.97. The van der Waals surface area contributed by atoms with Crippen LogP contribution in [-0.2, 0) is 16.8 Å². The number of halogens is 1. The molecule has 0 aliphatic carbocycles. The standard InChI is InChI=1S/C17H18ClN3O/c1-17(2,19)12-5-3-11(4-6-12)13-9-10-20-16-14(13)7-8-15(22)21(16)18/h3-6,9-10H,7-8,19H2,1-2H3. The molecule has 3 rings (SSSR count). The highest BCUT2D eigenvalue weighted by atomic mass is 35.5. The molecule has 0 saturated carbocycles. The van der Waals surface area contributed by atoms with Crippen molar-refractivity contribution in [3.8, 4) is 11.1 Å². The van der Waals surface area contributed by atoms with Gasteiger partial charge in [-0.25, -0.2) is 9.40 Å². The van der Waals surface area contributed by atoms with Gasteiger partial charge in [-0.2, -0.15) is 0 Å². The van der Waals surface area contributed by atoms with Crippen molar-refractivity contribution < 1.29 is 4.79 Å². The van der Waals surface area contributed by atoms with E-state index in [1.807, 2.05) is 32.0 Å². The Balaban J connectivity index is 2.05. The fourth-order valence-electron chi connectivity index (χ4n) is 2.70. The summed E-state index contributed by atoms with van der Waals surface area (Å²) in [5.74, 6) is 0.428. The summed E-state index contributed by atoms with van der Waals surface area (Å²) >= 11 is 6.05. The van der Waals surface area contributed by atoms with Gasteiger partial charge in [-0.15, -0.1) is 0 Å². The number of rotatable bonds is 2. The average Bonchev–Trinajstić information content (AvgIpc) is 2.50.